The fourth-order valence-electron chi connectivity index (χ4n) is 3.09. The van der Waals surface area contributed by atoms with Crippen molar-refractivity contribution >= 4 is 40.8 Å². The summed E-state index contributed by atoms with van der Waals surface area (Å²) >= 11 is 12.3. The standard InChI is InChI=1S/C25H22Cl2N2O4/c1-3-5-18-12-17(15-28-21-8-10-22(11-9-21)29(30)31)13-24(32-4-2)25(18)33-16-19-6-7-20(26)14-23(19)27/h3,6-15H,1,4-5,16H2,2H3. The van der Waals surface area contributed by atoms with E-state index in [2.05, 4.69) is 11.6 Å². The fourth-order valence-corrected chi connectivity index (χ4v) is 3.55. The lowest BCUT2D eigenvalue weighted by Crippen LogP contribution is -2.04. The Morgan fingerprint density at radius 3 is 2.45 bits per heavy atom. The Kier molecular flexibility index (Phi) is 8.46. The van der Waals surface area contributed by atoms with Crippen LogP contribution in [0.2, 0.25) is 10.0 Å². The number of hydrogen-bond donors (Lipinski definition) is 0. The second kappa shape index (κ2) is 11.5. The minimum absolute atomic E-state index is 0.0168. The number of ether oxygens (including phenoxy) is 2. The highest BCUT2D eigenvalue weighted by molar-refractivity contribution is 6.35. The third kappa shape index (κ3) is 6.57. The Morgan fingerprint density at radius 1 is 1.06 bits per heavy atom. The number of nitro groups is 1. The lowest BCUT2D eigenvalue weighted by atomic mass is 10.1. The predicted molar refractivity (Wildman–Crippen MR) is 133 cm³/mol. The third-order valence-corrected chi connectivity index (χ3v) is 5.22. The van der Waals surface area contributed by atoms with Gasteiger partial charge >= 0.3 is 0 Å². The Balaban J connectivity index is 1.90. The van der Waals surface area contributed by atoms with Crippen molar-refractivity contribution in [2.24, 2.45) is 4.99 Å². The van der Waals surface area contributed by atoms with Gasteiger partial charge in [0.25, 0.3) is 5.69 Å². The van der Waals surface area contributed by atoms with Gasteiger partial charge in [-0.25, -0.2) is 0 Å². The van der Waals surface area contributed by atoms with Gasteiger partial charge in [-0.2, -0.15) is 0 Å². The molecule has 6 nitrogen and oxygen atoms in total. The van der Waals surface area contributed by atoms with Crippen molar-refractivity contribution in [3.05, 3.63) is 104 Å². The quantitative estimate of drug-likeness (QED) is 0.130. The predicted octanol–water partition coefficient (Wildman–Crippen LogP) is 7.36. The first kappa shape index (κ1) is 24.3. The number of benzene rings is 3. The lowest BCUT2D eigenvalue weighted by Gasteiger charge is -2.17. The van der Waals surface area contributed by atoms with Gasteiger partial charge in [0.05, 0.1) is 17.2 Å². The molecule has 0 saturated heterocycles. The average molecular weight is 485 g/mol. The zero-order chi connectivity index (χ0) is 23.8. The normalized spacial score (nSPS) is 10.9. The number of nitro benzene ring substituents is 1. The van der Waals surface area contributed by atoms with Gasteiger partial charge in [-0.1, -0.05) is 35.3 Å². The number of nitrogens with zero attached hydrogens (tertiary/aromatic N) is 2. The zero-order valence-electron chi connectivity index (χ0n) is 18.0. The molecule has 0 fully saturated rings. The van der Waals surface area contributed by atoms with Crippen molar-refractivity contribution in [1.82, 2.24) is 0 Å². The lowest BCUT2D eigenvalue weighted by molar-refractivity contribution is -0.384. The fraction of sp³-hybridized carbons (Fsp3) is 0.160. The Morgan fingerprint density at radius 2 is 1.82 bits per heavy atom. The van der Waals surface area contributed by atoms with Gasteiger partial charge in [-0.3, -0.25) is 15.1 Å². The maximum atomic E-state index is 10.8. The number of aliphatic imine (C=N–C) groups is 1. The van der Waals surface area contributed by atoms with E-state index in [-0.39, 0.29) is 12.3 Å². The topological polar surface area (TPSA) is 74.0 Å². The molecule has 3 aromatic rings. The molecule has 170 valence electrons. The van der Waals surface area contributed by atoms with Crippen LogP contribution in [0.25, 0.3) is 0 Å². The molecule has 0 aliphatic carbocycles. The molecule has 33 heavy (non-hydrogen) atoms. The molecule has 0 N–H and O–H groups in total. The van der Waals surface area contributed by atoms with Crippen LogP contribution in [0, 0.1) is 10.1 Å². The van der Waals surface area contributed by atoms with E-state index in [1.54, 1.807) is 36.6 Å². The Labute approximate surface area is 202 Å². The summed E-state index contributed by atoms with van der Waals surface area (Å²) in [5, 5.41) is 11.9. The average Bonchev–Trinajstić information content (AvgIpc) is 2.79. The van der Waals surface area contributed by atoms with Crippen molar-refractivity contribution in [3.63, 3.8) is 0 Å². The summed E-state index contributed by atoms with van der Waals surface area (Å²) in [6.07, 6.45) is 4.02. The van der Waals surface area contributed by atoms with Crippen LogP contribution in [0.4, 0.5) is 11.4 Å². The molecule has 3 rings (SSSR count). The van der Waals surface area contributed by atoms with E-state index in [0.717, 1.165) is 16.7 Å². The first-order chi connectivity index (χ1) is 15.9. The number of halogens is 2. The summed E-state index contributed by atoms with van der Waals surface area (Å²) in [4.78, 5) is 14.8. The molecule has 0 amide bonds. The van der Waals surface area contributed by atoms with E-state index >= 15 is 0 Å². The van der Waals surface area contributed by atoms with E-state index < -0.39 is 4.92 Å². The van der Waals surface area contributed by atoms with Gasteiger partial charge in [0.1, 0.15) is 6.61 Å². The summed E-state index contributed by atoms with van der Waals surface area (Å²) < 4.78 is 12.0. The van der Waals surface area contributed by atoms with Crippen LogP contribution in [0.5, 0.6) is 11.5 Å². The number of hydrogen-bond acceptors (Lipinski definition) is 5. The smallest absolute Gasteiger partial charge is 0.269 e. The first-order valence-corrected chi connectivity index (χ1v) is 10.9. The summed E-state index contributed by atoms with van der Waals surface area (Å²) in [6, 6.07) is 15.1. The summed E-state index contributed by atoms with van der Waals surface area (Å²) in [7, 11) is 0. The number of rotatable bonds is 10. The minimum Gasteiger partial charge on any atom is -0.490 e. The zero-order valence-corrected chi connectivity index (χ0v) is 19.5. The van der Waals surface area contributed by atoms with Crippen LogP contribution < -0.4 is 9.47 Å². The van der Waals surface area contributed by atoms with Crippen molar-refractivity contribution in [2.75, 3.05) is 6.61 Å². The third-order valence-electron chi connectivity index (χ3n) is 4.63. The van der Waals surface area contributed by atoms with Crippen molar-refractivity contribution in [3.8, 4) is 11.5 Å². The monoisotopic (exact) mass is 484 g/mol. The molecule has 0 radical (unpaired) electrons. The van der Waals surface area contributed by atoms with Crippen LogP contribution in [0.15, 0.2) is 72.2 Å². The molecule has 0 aromatic heterocycles. The largest absolute Gasteiger partial charge is 0.490 e. The summed E-state index contributed by atoms with van der Waals surface area (Å²) in [5.74, 6) is 1.18. The molecular formula is C25H22Cl2N2O4. The van der Waals surface area contributed by atoms with Gasteiger partial charge in [-0.05, 0) is 55.3 Å². The maximum absolute atomic E-state index is 10.8. The number of non-ortho nitro benzene ring substituents is 1. The molecule has 0 spiro atoms. The SMILES string of the molecule is C=CCc1cc(C=Nc2ccc([N+](=O)[O-])cc2)cc(OCC)c1OCc1ccc(Cl)cc1Cl. The van der Waals surface area contributed by atoms with Crippen molar-refractivity contribution in [2.45, 2.75) is 20.0 Å². The summed E-state index contributed by atoms with van der Waals surface area (Å²) in [6.45, 7) is 6.43. The molecule has 3 aromatic carbocycles. The second-order valence-electron chi connectivity index (χ2n) is 6.99. The van der Waals surface area contributed by atoms with E-state index in [1.165, 1.54) is 12.1 Å². The van der Waals surface area contributed by atoms with Crippen LogP contribution in [0.3, 0.4) is 0 Å². The molecule has 0 bridgehead atoms. The Hall–Kier alpha value is -3.35. The number of allylic oxidation sites excluding steroid dienone is 1. The van der Waals surface area contributed by atoms with Crippen LogP contribution in [-0.4, -0.2) is 17.7 Å². The molecule has 0 atom stereocenters. The molecule has 8 heteroatoms. The highest BCUT2D eigenvalue weighted by Gasteiger charge is 2.14. The van der Waals surface area contributed by atoms with Gasteiger partial charge in [0.15, 0.2) is 11.5 Å². The molecule has 0 unspecified atom stereocenters. The molecule has 0 saturated carbocycles. The van der Waals surface area contributed by atoms with E-state index in [4.69, 9.17) is 32.7 Å². The molecular weight excluding hydrogens is 463 g/mol. The molecule has 0 aliphatic rings. The van der Waals surface area contributed by atoms with Gasteiger partial charge in [0, 0.05) is 39.5 Å². The minimum atomic E-state index is -0.445. The van der Waals surface area contributed by atoms with Gasteiger partial charge < -0.3 is 9.47 Å². The second-order valence-corrected chi connectivity index (χ2v) is 7.83. The van der Waals surface area contributed by atoms with E-state index in [0.29, 0.717) is 40.3 Å². The highest BCUT2D eigenvalue weighted by atomic mass is 35.5. The van der Waals surface area contributed by atoms with Crippen LogP contribution in [0.1, 0.15) is 23.6 Å². The Bertz CT molecular complexity index is 1180. The maximum Gasteiger partial charge on any atom is 0.269 e. The van der Waals surface area contributed by atoms with Gasteiger partial charge in [-0.15, -0.1) is 6.58 Å². The molecule has 0 heterocycles. The van der Waals surface area contributed by atoms with Gasteiger partial charge in [0.2, 0.25) is 0 Å². The van der Waals surface area contributed by atoms with Crippen LogP contribution in [-0.2, 0) is 13.0 Å². The molecule has 0 aliphatic heterocycles. The van der Waals surface area contributed by atoms with Crippen molar-refractivity contribution in [1.29, 1.82) is 0 Å². The van der Waals surface area contributed by atoms with E-state index in [1.807, 2.05) is 25.1 Å². The van der Waals surface area contributed by atoms with Crippen LogP contribution >= 0.6 is 23.2 Å². The summed E-state index contributed by atoms with van der Waals surface area (Å²) in [5.41, 5.74) is 3.10. The van der Waals surface area contributed by atoms with Crippen molar-refractivity contribution < 1.29 is 14.4 Å². The highest BCUT2D eigenvalue weighted by Crippen LogP contribution is 2.35. The first-order valence-electron chi connectivity index (χ1n) is 10.2. The van der Waals surface area contributed by atoms with E-state index in [9.17, 15) is 10.1 Å².